The predicted molar refractivity (Wildman–Crippen MR) is 61.0 cm³/mol. The summed E-state index contributed by atoms with van der Waals surface area (Å²) >= 11 is 0. The number of hydrogen-bond donors (Lipinski definition) is 0. The fourth-order valence-electron chi connectivity index (χ4n) is 1.62. The molecule has 2 nitrogen and oxygen atoms in total. The second kappa shape index (κ2) is 4.76. The highest BCUT2D eigenvalue weighted by Crippen LogP contribution is 2.27. The molecule has 94 valence electrons. The van der Waals surface area contributed by atoms with Gasteiger partial charge in [-0.25, -0.2) is 4.98 Å². The van der Waals surface area contributed by atoms with Crippen molar-refractivity contribution in [1.82, 2.24) is 9.97 Å². The average Bonchev–Trinajstić information content (AvgIpc) is 2.28. The van der Waals surface area contributed by atoms with Crippen LogP contribution in [-0.2, 0) is 12.6 Å². The molecule has 0 fully saturated rings. The van der Waals surface area contributed by atoms with Crippen LogP contribution in [0.5, 0.6) is 0 Å². The number of aromatic nitrogens is 2. The Morgan fingerprint density at radius 2 is 1.56 bits per heavy atom. The van der Waals surface area contributed by atoms with Gasteiger partial charge >= 0.3 is 6.18 Å². The van der Waals surface area contributed by atoms with E-state index >= 15 is 0 Å². The zero-order valence-corrected chi connectivity index (χ0v) is 9.70. The maximum Gasteiger partial charge on any atom is 0.433 e. The minimum atomic E-state index is -4.41. The molecule has 0 radical (unpaired) electrons. The van der Waals surface area contributed by atoms with Crippen LogP contribution in [0.1, 0.15) is 22.8 Å². The molecule has 0 atom stereocenters. The highest BCUT2D eigenvalue weighted by atomic mass is 19.4. The van der Waals surface area contributed by atoms with E-state index in [-0.39, 0.29) is 0 Å². The van der Waals surface area contributed by atoms with Gasteiger partial charge in [-0.15, -0.1) is 0 Å². The normalized spacial score (nSPS) is 11.6. The standard InChI is InChI=1S/C13H11F3N2/c1-9-4-2-5-10(17-9)8-11-6-3-7-12(18-11)13(14,15)16/h2-7H,8H2,1H3. The maximum atomic E-state index is 12.5. The number of rotatable bonds is 2. The Balaban J connectivity index is 2.25. The lowest BCUT2D eigenvalue weighted by atomic mass is 10.2. The SMILES string of the molecule is Cc1cccc(Cc2cccc(C(F)(F)F)n2)n1. The minimum absolute atomic E-state index is 0.297. The highest BCUT2D eigenvalue weighted by Gasteiger charge is 2.32. The zero-order valence-electron chi connectivity index (χ0n) is 9.70. The first-order valence-electron chi connectivity index (χ1n) is 5.41. The fraction of sp³-hybridized carbons (Fsp3) is 0.231. The van der Waals surface area contributed by atoms with E-state index in [0.717, 1.165) is 11.8 Å². The summed E-state index contributed by atoms with van der Waals surface area (Å²) in [6, 6.07) is 9.33. The molecule has 0 unspecified atom stereocenters. The van der Waals surface area contributed by atoms with Crippen LogP contribution in [0.15, 0.2) is 36.4 Å². The van der Waals surface area contributed by atoms with E-state index in [1.54, 1.807) is 12.1 Å². The average molecular weight is 252 g/mol. The molecule has 0 bridgehead atoms. The molecule has 2 rings (SSSR count). The van der Waals surface area contributed by atoms with Gasteiger partial charge < -0.3 is 0 Å². The molecule has 0 spiro atoms. The number of nitrogens with zero attached hydrogens (tertiary/aromatic N) is 2. The quantitative estimate of drug-likeness (QED) is 0.818. The van der Waals surface area contributed by atoms with Gasteiger partial charge in [0.2, 0.25) is 0 Å². The van der Waals surface area contributed by atoms with Crippen LogP contribution in [0.3, 0.4) is 0 Å². The Morgan fingerprint density at radius 3 is 2.17 bits per heavy atom. The number of hydrogen-bond acceptors (Lipinski definition) is 2. The summed E-state index contributed by atoms with van der Waals surface area (Å²) in [7, 11) is 0. The first-order valence-corrected chi connectivity index (χ1v) is 5.41. The van der Waals surface area contributed by atoms with Crippen LogP contribution in [-0.4, -0.2) is 9.97 Å². The minimum Gasteiger partial charge on any atom is -0.258 e. The van der Waals surface area contributed by atoms with Gasteiger partial charge in [-0.2, -0.15) is 13.2 Å². The Labute approximate surface area is 103 Å². The molecule has 5 heteroatoms. The second-order valence-electron chi connectivity index (χ2n) is 3.96. The van der Waals surface area contributed by atoms with Gasteiger partial charge in [0.05, 0.1) is 0 Å². The van der Waals surface area contributed by atoms with E-state index in [0.29, 0.717) is 17.8 Å². The summed E-state index contributed by atoms with van der Waals surface area (Å²) in [5, 5.41) is 0. The topological polar surface area (TPSA) is 25.8 Å². The van der Waals surface area contributed by atoms with Crippen molar-refractivity contribution in [2.75, 3.05) is 0 Å². The monoisotopic (exact) mass is 252 g/mol. The van der Waals surface area contributed by atoms with E-state index < -0.39 is 11.9 Å². The smallest absolute Gasteiger partial charge is 0.258 e. The lowest BCUT2D eigenvalue weighted by molar-refractivity contribution is -0.141. The number of aryl methyl sites for hydroxylation is 1. The van der Waals surface area contributed by atoms with Crippen molar-refractivity contribution in [3.05, 3.63) is 59.2 Å². The van der Waals surface area contributed by atoms with Crippen LogP contribution in [0, 0.1) is 6.92 Å². The van der Waals surface area contributed by atoms with E-state index in [2.05, 4.69) is 9.97 Å². The van der Waals surface area contributed by atoms with Crippen molar-refractivity contribution in [1.29, 1.82) is 0 Å². The summed E-state index contributed by atoms with van der Waals surface area (Å²) in [5.41, 5.74) is 1.04. The third-order valence-electron chi connectivity index (χ3n) is 2.41. The van der Waals surface area contributed by atoms with Crippen molar-refractivity contribution in [3.63, 3.8) is 0 Å². The van der Waals surface area contributed by atoms with Crippen molar-refractivity contribution < 1.29 is 13.2 Å². The van der Waals surface area contributed by atoms with Crippen LogP contribution in [0.25, 0.3) is 0 Å². The Hall–Kier alpha value is -1.91. The summed E-state index contributed by atoms with van der Waals surface area (Å²) in [4.78, 5) is 7.84. The van der Waals surface area contributed by atoms with Crippen molar-refractivity contribution in [3.8, 4) is 0 Å². The molecule has 0 aliphatic rings. The Morgan fingerprint density at radius 1 is 0.944 bits per heavy atom. The maximum absolute atomic E-state index is 12.5. The van der Waals surface area contributed by atoms with Crippen molar-refractivity contribution >= 4 is 0 Å². The van der Waals surface area contributed by atoms with Crippen molar-refractivity contribution in [2.24, 2.45) is 0 Å². The lowest BCUT2D eigenvalue weighted by Gasteiger charge is -2.07. The largest absolute Gasteiger partial charge is 0.433 e. The van der Waals surface area contributed by atoms with E-state index in [4.69, 9.17) is 0 Å². The second-order valence-corrected chi connectivity index (χ2v) is 3.96. The van der Waals surface area contributed by atoms with E-state index in [1.165, 1.54) is 6.07 Å². The molecule has 0 saturated carbocycles. The molecular weight excluding hydrogens is 241 g/mol. The van der Waals surface area contributed by atoms with Crippen LogP contribution in [0.4, 0.5) is 13.2 Å². The molecule has 2 aromatic rings. The first kappa shape index (κ1) is 12.5. The number of alkyl halides is 3. The van der Waals surface area contributed by atoms with Gasteiger partial charge in [0.1, 0.15) is 5.69 Å². The van der Waals surface area contributed by atoms with Crippen LogP contribution < -0.4 is 0 Å². The molecule has 0 aliphatic carbocycles. The van der Waals surface area contributed by atoms with Crippen molar-refractivity contribution in [2.45, 2.75) is 19.5 Å². The summed E-state index contributed by atoms with van der Waals surface area (Å²) in [6.07, 6.45) is -4.11. The highest BCUT2D eigenvalue weighted by molar-refractivity contribution is 5.20. The summed E-state index contributed by atoms with van der Waals surface area (Å²) in [5.74, 6) is 0. The Kier molecular flexibility index (Phi) is 3.32. The molecule has 0 saturated heterocycles. The third kappa shape index (κ3) is 3.06. The Bertz CT molecular complexity index is 550. The molecule has 18 heavy (non-hydrogen) atoms. The van der Waals surface area contributed by atoms with Gasteiger partial charge in [0.25, 0.3) is 0 Å². The molecular formula is C13H11F3N2. The predicted octanol–water partition coefficient (Wildman–Crippen LogP) is 3.39. The van der Waals surface area contributed by atoms with E-state index in [1.807, 2.05) is 19.1 Å². The third-order valence-corrected chi connectivity index (χ3v) is 2.41. The first-order chi connectivity index (χ1) is 8.45. The molecule has 0 N–H and O–H groups in total. The van der Waals surface area contributed by atoms with Gasteiger partial charge in [-0.05, 0) is 31.2 Å². The van der Waals surface area contributed by atoms with Crippen LogP contribution >= 0.6 is 0 Å². The molecule has 2 heterocycles. The lowest BCUT2D eigenvalue weighted by Crippen LogP contribution is -2.09. The van der Waals surface area contributed by atoms with Gasteiger partial charge in [0, 0.05) is 23.5 Å². The molecule has 0 aliphatic heterocycles. The molecule has 0 amide bonds. The molecule has 0 aromatic carbocycles. The summed E-state index contributed by atoms with van der Waals surface area (Å²) in [6.45, 7) is 1.84. The van der Waals surface area contributed by atoms with E-state index in [9.17, 15) is 13.2 Å². The number of halogens is 3. The van der Waals surface area contributed by atoms with Gasteiger partial charge in [-0.3, -0.25) is 4.98 Å². The fourth-order valence-corrected chi connectivity index (χ4v) is 1.62. The number of pyridine rings is 2. The summed E-state index contributed by atoms with van der Waals surface area (Å²) < 4.78 is 37.5. The van der Waals surface area contributed by atoms with Gasteiger partial charge in [0.15, 0.2) is 0 Å². The van der Waals surface area contributed by atoms with Gasteiger partial charge in [-0.1, -0.05) is 12.1 Å². The van der Waals surface area contributed by atoms with Crippen LogP contribution in [0.2, 0.25) is 0 Å². The molecule has 2 aromatic heterocycles. The zero-order chi connectivity index (χ0) is 13.2.